The van der Waals surface area contributed by atoms with Gasteiger partial charge in [-0.1, -0.05) is 56.2 Å². The molecule has 5 heterocycles. The van der Waals surface area contributed by atoms with Crippen molar-refractivity contribution in [2.45, 2.75) is 216 Å². The Labute approximate surface area is 451 Å². The Kier molecular flexibility index (Phi) is 21.9. The number of nitrogens with zero attached hydrogens (tertiary/aromatic N) is 5. The lowest BCUT2D eigenvalue weighted by molar-refractivity contribution is -0.306. The zero-order valence-corrected chi connectivity index (χ0v) is 47.5. The normalized spacial score (nSPS) is 38.9. The number of likely N-dealkylation sites (N-methyl/N-ethyl adjacent to an activating group) is 2. The summed E-state index contributed by atoms with van der Waals surface area (Å²) >= 11 is 0. The van der Waals surface area contributed by atoms with Crippen LogP contribution in [-0.4, -0.2) is 197 Å². The predicted molar refractivity (Wildman–Crippen MR) is 283 cm³/mol. The number of hydrogen-bond acceptors (Lipinski definition) is 17. The number of esters is 1. The minimum absolute atomic E-state index is 0.0413. The topological polar surface area (TPSA) is 209 Å². The maximum Gasteiger partial charge on any atom is 0.311 e. The molecule has 18 nitrogen and oxygen atoms in total. The van der Waals surface area contributed by atoms with E-state index in [4.69, 9.17) is 44.3 Å². The van der Waals surface area contributed by atoms with E-state index in [2.05, 4.69) is 33.3 Å². The van der Waals surface area contributed by atoms with Gasteiger partial charge in [-0.2, -0.15) is 0 Å². The van der Waals surface area contributed by atoms with Crippen molar-refractivity contribution in [1.29, 1.82) is 0 Å². The van der Waals surface area contributed by atoms with Crippen molar-refractivity contribution in [2.75, 3.05) is 61.3 Å². The molecule has 0 saturated carbocycles. The molecule has 2 aromatic rings. The van der Waals surface area contributed by atoms with Crippen LogP contribution in [0.25, 0.3) is 0 Å². The maximum absolute atomic E-state index is 14.9. The van der Waals surface area contributed by atoms with Gasteiger partial charge in [0.2, 0.25) is 0 Å². The third-order valence-corrected chi connectivity index (χ3v) is 17.4. The number of terminal acetylenes is 1. The fourth-order valence-electron chi connectivity index (χ4n) is 12.3. The summed E-state index contributed by atoms with van der Waals surface area (Å²) in [5.41, 5.74) is -2.10. The smallest absolute Gasteiger partial charge is 0.311 e. The average molecular weight is 1070 g/mol. The number of carbonyl (C=O) groups is 1. The van der Waals surface area contributed by atoms with Gasteiger partial charge in [0, 0.05) is 84.0 Å². The van der Waals surface area contributed by atoms with E-state index in [0.29, 0.717) is 44.0 Å². The summed E-state index contributed by atoms with van der Waals surface area (Å²) in [5, 5.41) is 56.5. The molecule has 0 bridgehead atoms. The van der Waals surface area contributed by atoms with Gasteiger partial charge in [0.15, 0.2) is 18.2 Å². The van der Waals surface area contributed by atoms with Crippen LogP contribution in [0.2, 0.25) is 0 Å². The molecule has 0 aliphatic carbocycles. The van der Waals surface area contributed by atoms with Gasteiger partial charge in [-0.05, 0) is 111 Å². The number of alkyl halides is 1. The molecule has 1 unspecified atom stereocenters. The molecule has 4 saturated heterocycles. The van der Waals surface area contributed by atoms with E-state index in [1.165, 1.54) is 19.6 Å². The van der Waals surface area contributed by atoms with Crippen molar-refractivity contribution in [3.63, 3.8) is 0 Å². The first-order valence-electron chi connectivity index (χ1n) is 27.7. The molecular formula is C57H92FN5O13. The standard InChI is InChI=1S/C57H92FN5O13/c1-15-46-56(10,67)51(64)38(7)62(12)32-34(3)29-57(68,16-2)53(36(5)49(37(6)54(66)74-46)75-48-30-55(9,70-14)52(65)39(8)73-48)76-47-28-44(27-35(4)72-47)61(11)24-21-43-33-63(60-59-43)45(31-58)50(69-13)42-19-17-40(18-20-42)41-22-25-71-26-23-41/h2,17-20,33-39,41,44-53,64-65,67-68H,15,21-32H2,1,3-14H3/t34-,35-,36+,37-,38-,39+,44+,45-,46-,47+,48+,49?,50-,51-,52+,53-,55-,56-,57-/m1/s1. The molecule has 1 aromatic heterocycles. The van der Waals surface area contributed by atoms with Crippen LogP contribution in [-0.2, 0) is 49.1 Å². The fourth-order valence-corrected chi connectivity index (χ4v) is 12.3. The molecular weight excluding hydrogens is 982 g/mol. The first kappa shape index (κ1) is 62.0. The lowest BCUT2D eigenvalue weighted by Gasteiger charge is -2.48. The van der Waals surface area contributed by atoms with Crippen molar-refractivity contribution in [3.05, 3.63) is 47.3 Å². The zero-order chi connectivity index (χ0) is 55.9. The number of rotatable bonds is 16. The first-order chi connectivity index (χ1) is 35.9. The molecule has 1 aromatic carbocycles. The van der Waals surface area contributed by atoms with Gasteiger partial charge in [-0.15, -0.1) is 11.5 Å². The maximum atomic E-state index is 14.9. The largest absolute Gasteiger partial charge is 0.459 e. The van der Waals surface area contributed by atoms with E-state index in [1.807, 2.05) is 51.9 Å². The van der Waals surface area contributed by atoms with Crippen molar-refractivity contribution < 1.29 is 67.5 Å². The van der Waals surface area contributed by atoms with Crippen molar-refractivity contribution in [3.8, 4) is 12.3 Å². The number of hydrogen-bond donors (Lipinski definition) is 4. The number of halogens is 1. The number of benzene rings is 1. The average Bonchev–Trinajstić information content (AvgIpc) is 3.88. The Morgan fingerprint density at radius 2 is 1.66 bits per heavy atom. The molecule has 0 amide bonds. The molecule has 19 heteroatoms. The highest BCUT2D eigenvalue weighted by Crippen LogP contribution is 2.41. The lowest BCUT2D eigenvalue weighted by Crippen LogP contribution is -2.59. The number of aliphatic hydroxyl groups excluding tert-OH is 2. The summed E-state index contributed by atoms with van der Waals surface area (Å²) in [6.45, 7) is 17.6. The number of ether oxygens (including phenoxy) is 8. The second kappa shape index (κ2) is 26.8. The summed E-state index contributed by atoms with van der Waals surface area (Å²) < 4.78 is 66.6. The summed E-state index contributed by atoms with van der Waals surface area (Å²) in [6, 6.07) is 6.84. The third-order valence-electron chi connectivity index (χ3n) is 17.4. The van der Waals surface area contributed by atoms with E-state index in [9.17, 15) is 29.6 Å². The summed E-state index contributed by atoms with van der Waals surface area (Å²) in [6.07, 6.45) is 2.86. The highest BCUT2D eigenvalue weighted by Gasteiger charge is 2.53. The SMILES string of the molecule is C#C[C@@]1(O)C[C@@H](C)CN(C)[C@H](C)[C@@H](O)[C@](C)(O)[C@@H](CC)OC(=O)[C@H](C)C(O[C@H]2C[C@@](C)(OC)[C@@H](O)[C@H](C)O2)[C@H](C)[C@H]1O[C@H]1C[C@@H](N(C)CCc2cn([C@H](CF)[C@H](OC)c3ccc(C4CCOCC4)cc3)nn2)C[C@@H](C)O1. The Morgan fingerprint density at radius 1 is 0.974 bits per heavy atom. The van der Waals surface area contributed by atoms with Gasteiger partial charge in [0.25, 0.3) is 0 Å². The van der Waals surface area contributed by atoms with E-state index < -0.39 is 109 Å². The van der Waals surface area contributed by atoms with Gasteiger partial charge in [-0.25, -0.2) is 9.07 Å². The van der Waals surface area contributed by atoms with Crippen molar-refractivity contribution in [2.24, 2.45) is 17.8 Å². The number of methoxy groups -OCH3 is 2. The number of carbonyl (C=O) groups excluding carboxylic acids is 1. The van der Waals surface area contributed by atoms with E-state index in [1.54, 1.807) is 52.6 Å². The van der Waals surface area contributed by atoms with Crippen LogP contribution < -0.4 is 0 Å². The molecule has 76 heavy (non-hydrogen) atoms. The molecule has 6 rings (SSSR count). The van der Waals surface area contributed by atoms with Crippen LogP contribution in [0, 0.1) is 30.1 Å². The van der Waals surface area contributed by atoms with Gasteiger partial charge < -0.3 is 68.1 Å². The quantitative estimate of drug-likeness (QED) is 0.120. The highest BCUT2D eigenvalue weighted by atomic mass is 19.1. The van der Waals surface area contributed by atoms with Crippen molar-refractivity contribution >= 4 is 5.97 Å². The molecule has 430 valence electrons. The summed E-state index contributed by atoms with van der Waals surface area (Å²) in [5.74, 6) is 0.204. The second-order valence-corrected chi connectivity index (χ2v) is 23.2. The number of aromatic nitrogens is 3. The van der Waals surface area contributed by atoms with Crippen LogP contribution in [0.3, 0.4) is 0 Å². The van der Waals surface area contributed by atoms with Crippen LogP contribution in [0.1, 0.15) is 142 Å². The lowest BCUT2D eigenvalue weighted by atomic mass is 9.77. The number of aliphatic hydroxyl groups is 4. The Hall–Kier alpha value is -3.20. The highest BCUT2D eigenvalue weighted by molar-refractivity contribution is 5.73. The molecule has 4 N–H and O–H groups in total. The minimum Gasteiger partial charge on any atom is -0.459 e. The molecule has 4 fully saturated rings. The molecule has 4 aliphatic rings. The van der Waals surface area contributed by atoms with Crippen LogP contribution in [0.15, 0.2) is 30.5 Å². The minimum atomic E-state index is -1.97. The third kappa shape index (κ3) is 14.4. The predicted octanol–water partition coefficient (Wildman–Crippen LogP) is 5.54. The van der Waals surface area contributed by atoms with E-state index >= 15 is 0 Å². The van der Waals surface area contributed by atoms with Crippen LogP contribution in [0.4, 0.5) is 4.39 Å². The van der Waals surface area contributed by atoms with Crippen LogP contribution >= 0.6 is 0 Å². The van der Waals surface area contributed by atoms with Gasteiger partial charge in [0.05, 0.1) is 35.5 Å². The Bertz CT molecular complexity index is 2160. The van der Waals surface area contributed by atoms with Crippen molar-refractivity contribution in [1.82, 2.24) is 24.8 Å². The Morgan fingerprint density at radius 3 is 2.28 bits per heavy atom. The molecule has 0 radical (unpaired) electrons. The van der Waals surface area contributed by atoms with Gasteiger partial charge in [-0.3, -0.25) is 4.79 Å². The molecule has 4 aliphatic heterocycles. The molecule has 0 spiro atoms. The second-order valence-electron chi connectivity index (χ2n) is 23.2. The Balaban J connectivity index is 1.24. The monoisotopic (exact) mass is 1070 g/mol. The van der Waals surface area contributed by atoms with Gasteiger partial charge >= 0.3 is 5.97 Å². The molecule has 19 atom stereocenters. The summed E-state index contributed by atoms with van der Waals surface area (Å²) in [7, 11) is 6.93. The fraction of sp³-hybridized carbons (Fsp3) is 0.807. The first-order valence-corrected chi connectivity index (χ1v) is 27.7. The number of cyclic esters (lactones) is 1. The van der Waals surface area contributed by atoms with E-state index in [-0.39, 0.29) is 37.3 Å². The van der Waals surface area contributed by atoms with E-state index in [0.717, 1.165) is 31.6 Å². The zero-order valence-electron chi connectivity index (χ0n) is 47.5. The van der Waals surface area contributed by atoms with Gasteiger partial charge in [0.1, 0.15) is 48.8 Å². The summed E-state index contributed by atoms with van der Waals surface area (Å²) in [4.78, 5) is 18.7. The van der Waals surface area contributed by atoms with Crippen LogP contribution in [0.5, 0.6) is 0 Å².